The van der Waals surface area contributed by atoms with Crippen LogP contribution in [0.1, 0.15) is 0 Å². The first-order chi connectivity index (χ1) is 3.93. The molecule has 0 saturated heterocycles. The molecule has 0 amide bonds. The Morgan fingerprint density at radius 1 is 1.12 bits per heavy atom. The lowest BCUT2D eigenvalue weighted by Gasteiger charge is -2.01. The number of hydrogen-bond donors (Lipinski definition) is 0. The van der Waals surface area contributed by atoms with Gasteiger partial charge in [0.05, 0.1) is 0 Å². The molecule has 8 heavy (non-hydrogen) atoms. The highest BCUT2D eigenvalue weighted by molar-refractivity contribution is 7.39. The molecular formula is C6H6OP-. The van der Waals surface area contributed by atoms with E-state index >= 15 is 0 Å². The molecule has 0 aliphatic rings. The van der Waals surface area contributed by atoms with Crippen molar-refractivity contribution in [3.05, 3.63) is 30.3 Å². The quantitative estimate of drug-likeness (QED) is 0.494. The summed E-state index contributed by atoms with van der Waals surface area (Å²) < 4.78 is 0. The standard InChI is InChI=1S/C6H6OP/c7-8-6-4-2-1-3-5-6/h1-5,8H/q-1. The van der Waals surface area contributed by atoms with Crippen LogP contribution in [-0.4, -0.2) is 0 Å². The molecule has 0 spiro atoms. The fraction of sp³-hybridized carbons (Fsp3) is 0. The van der Waals surface area contributed by atoms with Crippen molar-refractivity contribution in [1.29, 1.82) is 0 Å². The lowest BCUT2D eigenvalue weighted by atomic mass is 10.4. The molecule has 0 N–H and O–H groups in total. The minimum atomic E-state index is -0.320. The van der Waals surface area contributed by atoms with Gasteiger partial charge >= 0.3 is 0 Å². The van der Waals surface area contributed by atoms with Gasteiger partial charge in [-0.05, 0) is 5.30 Å². The van der Waals surface area contributed by atoms with E-state index in [1.54, 1.807) is 0 Å². The summed E-state index contributed by atoms with van der Waals surface area (Å²) in [6.07, 6.45) is 0. The van der Waals surface area contributed by atoms with Crippen molar-refractivity contribution < 1.29 is 4.89 Å². The van der Waals surface area contributed by atoms with Crippen LogP contribution >= 0.6 is 8.81 Å². The van der Waals surface area contributed by atoms with Crippen molar-refractivity contribution in [3.8, 4) is 0 Å². The topological polar surface area (TPSA) is 23.1 Å². The predicted molar refractivity (Wildman–Crippen MR) is 34.4 cm³/mol. The summed E-state index contributed by atoms with van der Waals surface area (Å²) in [5, 5.41) is 0.882. The molecule has 0 fully saturated rings. The van der Waals surface area contributed by atoms with E-state index in [0.717, 1.165) is 5.30 Å². The highest BCUT2D eigenvalue weighted by Gasteiger charge is 1.75. The van der Waals surface area contributed by atoms with Gasteiger partial charge in [-0.3, -0.25) is 0 Å². The molecule has 0 bridgehead atoms. The fourth-order valence-electron chi connectivity index (χ4n) is 0.506. The van der Waals surface area contributed by atoms with Crippen molar-refractivity contribution in [2.24, 2.45) is 0 Å². The summed E-state index contributed by atoms with van der Waals surface area (Å²) in [7, 11) is -0.320. The largest absolute Gasteiger partial charge is 0.828 e. The van der Waals surface area contributed by atoms with Crippen molar-refractivity contribution in [2.45, 2.75) is 0 Å². The van der Waals surface area contributed by atoms with Crippen LogP contribution < -0.4 is 10.2 Å². The van der Waals surface area contributed by atoms with E-state index < -0.39 is 0 Å². The predicted octanol–water partition coefficient (Wildman–Crippen LogP) is 0.266. The Kier molecular flexibility index (Phi) is 2.01. The zero-order chi connectivity index (χ0) is 5.82. The van der Waals surface area contributed by atoms with Gasteiger partial charge in [-0.15, -0.1) is 0 Å². The molecule has 1 atom stereocenters. The molecule has 0 heterocycles. The minimum Gasteiger partial charge on any atom is -0.828 e. The summed E-state index contributed by atoms with van der Waals surface area (Å²) in [6.45, 7) is 0. The van der Waals surface area contributed by atoms with Crippen LogP contribution in [0.3, 0.4) is 0 Å². The first-order valence-corrected chi connectivity index (χ1v) is 3.27. The molecule has 0 aliphatic heterocycles. The first-order valence-electron chi connectivity index (χ1n) is 2.36. The number of hydrogen-bond acceptors (Lipinski definition) is 1. The normalized spacial score (nSPS) is 10.6. The zero-order valence-electron chi connectivity index (χ0n) is 4.29. The summed E-state index contributed by atoms with van der Waals surface area (Å²) in [4.78, 5) is 10.2. The van der Waals surface area contributed by atoms with Gasteiger partial charge in [0.15, 0.2) is 0 Å². The van der Waals surface area contributed by atoms with Gasteiger partial charge in [0.2, 0.25) is 0 Å². The van der Waals surface area contributed by atoms with Crippen LogP contribution in [0.25, 0.3) is 0 Å². The van der Waals surface area contributed by atoms with Crippen LogP contribution in [0.15, 0.2) is 30.3 Å². The Balaban J connectivity index is 2.83. The highest BCUT2D eigenvalue weighted by Crippen LogP contribution is 1.95. The van der Waals surface area contributed by atoms with Crippen LogP contribution in [0, 0.1) is 0 Å². The monoisotopic (exact) mass is 125 g/mol. The second-order valence-corrected chi connectivity index (χ2v) is 2.25. The van der Waals surface area contributed by atoms with E-state index in [-0.39, 0.29) is 8.81 Å². The van der Waals surface area contributed by atoms with Crippen LogP contribution in [0.2, 0.25) is 0 Å². The smallest absolute Gasteiger partial charge is 0.0431 e. The SMILES string of the molecule is [O-]Pc1ccccc1. The average molecular weight is 125 g/mol. The van der Waals surface area contributed by atoms with Gasteiger partial charge in [0.1, 0.15) is 0 Å². The Morgan fingerprint density at radius 2 is 1.75 bits per heavy atom. The van der Waals surface area contributed by atoms with Gasteiger partial charge in [-0.2, -0.15) is 8.81 Å². The van der Waals surface area contributed by atoms with Crippen molar-refractivity contribution in [1.82, 2.24) is 0 Å². The van der Waals surface area contributed by atoms with E-state index in [2.05, 4.69) is 0 Å². The van der Waals surface area contributed by atoms with Crippen molar-refractivity contribution in [2.75, 3.05) is 0 Å². The Morgan fingerprint density at radius 3 is 2.12 bits per heavy atom. The van der Waals surface area contributed by atoms with Crippen molar-refractivity contribution in [3.63, 3.8) is 0 Å². The lowest BCUT2D eigenvalue weighted by molar-refractivity contribution is -0.147. The van der Waals surface area contributed by atoms with Crippen LogP contribution in [0.4, 0.5) is 0 Å². The number of rotatable bonds is 1. The maximum Gasteiger partial charge on any atom is -0.0431 e. The third kappa shape index (κ3) is 1.29. The Bertz CT molecular complexity index is 150. The summed E-state index contributed by atoms with van der Waals surface area (Å²) in [6, 6.07) is 9.33. The van der Waals surface area contributed by atoms with E-state index in [4.69, 9.17) is 0 Å². The molecular weight excluding hydrogens is 119 g/mol. The second kappa shape index (κ2) is 2.81. The van der Waals surface area contributed by atoms with E-state index in [1.165, 1.54) is 0 Å². The molecule has 0 aromatic heterocycles. The molecule has 1 nitrogen and oxygen atoms in total. The van der Waals surface area contributed by atoms with Gasteiger partial charge in [-0.25, -0.2) is 0 Å². The third-order valence-electron chi connectivity index (χ3n) is 0.892. The van der Waals surface area contributed by atoms with Gasteiger partial charge in [-0.1, -0.05) is 30.3 Å². The molecule has 0 saturated carbocycles. The Labute approximate surface area is 50.2 Å². The number of benzene rings is 1. The maximum absolute atomic E-state index is 10.2. The van der Waals surface area contributed by atoms with Crippen LogP contribution in [-0.2, 0) is 0 Å². The molecule has 0 aliphatic carbocycles. The molecule has 1 unspecified atom stereocenters. The lowest BCUT2D eigenvalue weighted by Crippen LogP contribution is -1.97. The van der Waals surface area contributed by atoms with Crippen molar-refractivity contribution >= 4 is 14.1 Å². The Hall–Kier alpha value is -0.390. The summed E-state index contributed by atoms with van der Waals surface area (Å²) in [5.74, 6) is 0. The van der Waals surface area contributed by atoms with Gasteiger partial charge in [0, 0.05) is 0 Å². The highest BCUT2D eigenvalue weighted by atomic mass is 31.1. The fourth-order valence-corrected chi connectivity index (χ4v) is 0.835. The summed E-state index contributed by atoms with van der Waals surface area (Å²) in [5.41, 5.74) is 0. The van der Waals surface area contributed by atoms with Crippen LogP contribution in [0.5, 0.6) is 0 Å². The summed E-state index contributed by atoms with van der Waals surface area (Å²) >= 11 is 0. The molecule has 0 radical (unpaired) electrons. The second-order valence-electron chi connectivity index (χ2n) is 1.47. The first kappa shape index (κ1) is 5.74. The molecule has 2 heteroatoms. The molecule has 1 aromatic rings. The third-order valence-corrected chi connectivity index (χ3v) is 1.46. The minimum absolute atomic E-state index is 0.320. The molecule has 42 valence electrons. The van der Waals surface area contributed by atoms with E-state index in [9.17, 15) is 4.89 Å². The molecule has 1 aromatic carbocycles. The van der Waals surface area contributed by atoms with E-state index in [0.29, 0.717) is 0 Å². The molecule has 1 rings (SSSR count). The van der Waals surface area contributed by atoms with Gasteiger partial charge in [0.25, 0.3) is 0 Å². The zero-order valence-corrected chi connectivity index (χ0v) is 5.29. The van der Waals surface area contributed by atoms with E-state index in [1.807, 2.05) is 30.3 Å². The maximum atomic E-state index is 10.2. The average Bonchev–Trinajstić information content (AvgIpc) is 1.90. The van der Waals surface area contributed by atoms with Gasteiger partial charge < -0.3 is 4.89 Å².